The van der Waals surface area contributed by atoms with Crippen molar-refractivity contribution in [1.29, 1.82) is 0 Å². The molecule has 2 aromatic carbocycles. The Morgan fingerprint density at radius 1 is 0.958 bits per heavy atom. The number of carbonyl (C=O) groups excluding carboxylic acids is 3. The molecule has 0 aromatic heterocycles. The molecule has 2 aliphatic heterocycles. The van der Waals surface area contributed by atoms with Crippen LogP contribution in [0.1, 0.15) is 76.3 Å². The number of hydrogen-bond donors (Lipinski definition) is 1. The van der Waals surface area contributed by atoms with E-state index < -0.39 is 29.5 Å². The van der Waals surface area contributed by atoms with Gasteiger partial charge in [-0.1, -0.05) is 75.4 Å². The molecule has 1 saturated heterocycles. The number of carbonyl (C=O) groups is 3. The van der Waals surface area contributed by atoms with Gasteiger partial charge in [-0.05, 0) is 49.1 Å². The summed E-state index contributed by atoms with van der Waals surface area (Å²) in [6, 6.07) is 15.3. The van der Waals surface area contributed by atoms with Crippen LogP contribution in [0.3, 0.4) is 0 Å². The molecule has 1 fully saturated rings. The maximum absolute atomic E-state index is 14.2. The highest BCUT2D eigenvalue weighted by Gasteiger charge is 2.59. The lowest BCUT2D eigenvalue weighted by molar-refractivity contribution is -0.178. The summed E-state index contributed by atoms with van der Waals surface area (Å²) >= 11 is 0. The van der Waals surface area contributed by atoms with E-state index in [9.17, 15) is 14.4 Å². The number of piperidine rings is 1. The quantitative estimate of drug-likeness (QED) is 0.153. The SMILES string of the molecule is CCCCCCCCN1C(=O)[C@@H](CC(=O)NCc2ccc(OC)c(OC)c2)C[C@@]2(C(=O)OC)C1=C[C@H](COCc1ccccc1)O[C@@H]2C. The second-order valence-corrected chi connectivity index (χ2v) is 12.7. The fourth-order valence-corrected chi connectivity index (χ4v) is 6.79. The average Bonchev–Trinajstić information content (AvgIpc) is 3.10. The van der Waals surface area contributed by atoms with Crippen LogP contribution in [0.2, 0.25) is 0 Å². The Hall–Kier alpha value is -3.89. The number of hydrogen-bond acceptors (Lipinski definition) is 8. The van der Waals surface area contributed by atoms with Crippen molar-refractivity contribution in [2.45, 2.75) is 90.6 Å². The number of likely N-dealkylation sites (tertiary alicyclic amines) is 1. The first-order chi connectivity index (χ1) is 23.3. The van der Waals surface area contributed by atoms with Gasteiger partial charge in [0.25, 0.3) is 0 Å². The minimum Gasteiger partial charge on any atom is -0.493 e. The maximum Gasteiger partial charge on any atom is 0.320 e. The molecular weight excluding hydrogens is 612 g/mol. The molecule has 4 rings (SSSR count). The molecule has 262 valence electrons. The second kappa shape index (κ2) is 18.0. The predicted molar refractivity (Wildman–Crippen MR) is 182 cm³/mol. The van der Waals surface area contributed by atoms with Crippen molar-refractivity contribution < 1.29 is 38.1 Å². The Labute approximate surface area is 285 Å². The van der Waals surface area contributed by atoms with Crippen LogP contribution in [0.15, 0.2) is 60.3 Å². The van der Waals surface area contributed by atoms with Gasteiger partial charge in [0, 0.05) is 31.1 Å². The van der Waals surface area contributed by atoms with Crippen LogP contribution < -0.4 is 14.8 Å². The number of fused-ring (bicyclic) bond motifs is 1. The van der Waals surface area contributed by atoms with E-state index in [0.29, 0.717) is 30.3 Å². The summed E-state index contributed by atoms with van der Waals surface area (Å²) < 4.78 is 28.5. The number of ether oxygens (including phenoxy) is 5. The van der Waals surface area contributed by atoms with Crippen molar-refractivity contribution in [2.75, 3.05) is 34.5 Å². The monoisotopic (exact) mass is 664 g/mol. The lowest BCUT2D eigenvalue weighted by Gasteiger charge is -2.51. The molecule has 10 nitrogen and oxygen atoms in total. The Balaban J connectivity index is 1.54. The van der Waals surface area contributed by atoms with E-state index in [0.717, 1.165) is 43.2 Å². The fraction of sp³-hybridized carbons (Fsp3) is 0.553. The number of unbranched alkanes of at least 4 members (excludes halogenated alkanes) is 5. The van der Waals surface area contributed by atoms with Crippen LogP contribution in [0.5, 0.6) is 11.5 Å². The van der Waals surface area contributed by atoms with E-state index in [1.54, 1.807) is 31.3 Å². The average molecular weight is 665 g/mol. The summed E-state index contributed by atoms with van der Waals surface area (Å²) in [5.41, 5.74) is 1.23. The van der Waals surface area contributed by atoms with Crippen molar-refractivity contribution >= 4 is 17.8 Å². The largest absolute Gasteiger partial charge is 0.493 e. The summed E-state index contributed by atoms with van der Waals surface area (Å²) in [7, 11) is 4.48. The topological polar surface area (TPSA) is 113 Å². The van der Waals surface area contributed by atoms with Crippen LogP contribution in [0, 0.1) is 11.3 Å². The maximum atomic E-state index is 14.2. The van der Waals surface area contributed by atoms with Crippen LogP contribution in [-0.4, -0.2) is 69.4 Å². The minimum absolute atomic E-state index is 0.0680. The van der Waals surface area contributed by atoms with E-state index in [2.05, 4.69) is 12.2 Å². The number of methoxy groups -OCH3 is 3. The molecule has 1 N–H and O–H groups in total. The zero-order chi connectivity index (χ0) is 34.5. The molecule has 0 radical (unpaired) electrons. The summed E-state index contributed by atoms with van der Waals surface area (Å²) in [5.74, 6) is -0.492. The highest BCUT2D eigenvalue weighted by molar-refractivity contribution is 5.92. The van der Waals surface area contributed by atoms with Gasteiger partial charge < -0.3 is 33.9 Å². The van der Waals surface area contributed by atoms with Crippen LogP contribution >= 0.6 is 0 Å². The third-order valence-corrected chi connectivity index (χ3v) is 9.40. The summed E-state index contributed by atoms with van der Waals surface area (Å²) in [6.07, 6.45) is 7.14. The third-order valence-electron chi connectivity index (χ3n) is 9.40. The van der Waals surface area contributed by atoms with E-state index in [-0.39, 0.29) is 37.8 Å². The Bertz CT molecular complexity index is 1400. The van der Waals surface area contributed by atoms with Gasteiger partial charge in [-0.15, -0.1) is 0 Å². The molecule has 0 saturated carbocycles. The number of amides is 2. The van der Waals surface area contributed by atoms with E-state index in [1.165, 1.54) is 13.5 Å². The fourth-order valence-electron chi connectivity index (χ4n) is 6.79. The van der Waals surface area contributed by atoms with Crippen molar-refractivity contribution in [3.63, 3.8) is 0 Å². The number of esters is 1. The van der Waals surface area contributed by atoms with Gasteiger partial charge >= 0.3 is 5.97 Å². The molecule has 2 aromatic rings. The second-order valence-electron chi connectivity index (χ2n) is 12.7. The molecule has 2 aliphatic rings. The van der Waals surface area contributed by atoms with Crippen LogP contribution in [0.25, 0.3) is 0 Å². The smallest absolute Gasteiger partial charge is 0.320 e. The van der Waals surface area contributed by atoms with Crippen molar-refractivity contribution in [3.05, 3.63) is 71.4 Å². The third kappa shape index (κ3) is 8.96. The number of nitrogens with zero attached hydrogens (tertiary/aromatic N) is 1. The zero-order valence-electron chi connectivity index (χ0n) is 29.1. The van der Waals surface area contributed by atoms with Gasteiger partial charge in [0.05, 0.1) is 40.6 Å². The van der Waals surface area contributed by atoms with Crippen LogP contribution in [-0.2, 0) is 41.7 Å². The molecule has 4 atom stereocenters. The number of benzene rings is 2. The first-order valence-corrected chi connectivity index (χ1v) is 17.1. The molecule has 48 heavy (non-hydrogen) atoms. The highest BCUT2D eigenvalue weighted by Crippen LogP contribution is 2.50. The van der Waals surface area contributed by atoms with Crippen molar-refractivity contribution in [3.8, 4) is 11.5 Å². The molecule has 0 aliphatic carbocycles. The molecule has 0 spiro atoms. The van der Waals surface area contributed by atoms with Crippen LogP contribution in [0.4, 0.5) is 0 Å². The van der Waals surface area contributed by atoms with E-state index in [4.69, 9.17) is 23.7 Å². The summed E-state index contributed by atoms with van der Waals surface area (Å²) in [6.45, 7) is 5.41. The molecule has 0 unspecified atom stereocenters. The molecule has 0 bridgehead atoms. The van der Waals surface area contributed by atoms with Crippen molar-refractivity contribution in [2.24, 2.45) is 11.3 Å². The Morgan fingerprint density at radius 2 is 1.69 bits per heavy atom. The number of rotatable bonds is 18. The highest BCUT2D eigenvalue weighted by atomic mass is 16.6. The van der Waals surface area contributed by atoms with Gasteiger partial charge in [0.15, 0.2) is 11.5 Å². The van der Waals surface area contributed by atoms with Gasteiger partial charge in [-0.25, -0.2) is 0 Å². The standard InChI is InChI=1S/C38H52N2O8/c1-6-7-8-9-10-14-19-40-34-22-31(26-47-25-28-15-12-11-13-16-28)48-27(2)38(34,37(43)46-5)23-30(36(40)42)21-35(41)39-24-29-17-18-32(44-3)33(20-29)45-4/h11-13,15-18,20,22,27,30-31H,6-10,14,19,21,23-26H2,1-5H3,(H,39,41)/t27-,30+,31-,38+/m1/s1. The van der Waals surface area contributed by atoms with Gasteiger partial charge in [-0.2, -0.15) is 0 Å². The lowest BCUT2D eigenvalue weighted by atomic mass is 9.66. The van der Waals surface area contributed by atoms with Crippen molar-refractivity contribution in [1.82, 2.24) is 10.2 Å². The molecule has 10 heteroatoms. The predicted octanol–water partition coefficient (Wildman–Crippen LogP) is 5.97. The lowest BCUT2D eigenvalue weighted by Crippen LogP contribution is -2.60. The Kier molecular flexibility index (Phi) is 13.9. The Morgan fingerprint density at radius 3 is 2.40 bits per heavy atom. The molecular formula is C38H52N2O8. The summed E-state index contributed by atoms with van der Waals surface area (Å²) in [5, 5.41) is 2.94. The van der Waals surface area contributed by atoms with Gasteiger partial charge in [-0.3, -0.25) is 14.4 Å². The molecule has 2 heterocycles. The first kappa shape index (κ1) is 36.9. The number of nitrogens with one attached hydrogen (secondary N) is 1. The van der Waals surface area contributed by atoms with Gasteiger partial charge in [0.2, 0.25) is 11.8 Å². The van der Waals surface area contributed by atoms with E-state index >= 15 is 0 Å². The van der Waals surface area contributed by atoms with Gasteiger partial charge in [0.1, 0.15) is 11.5 Å². The first-order valence-electron chi connectivity index (χ1n) is 17.1. The zero-order valence-corrected chi connectivity index (χ0v) is 29.1. The van der Waals surface area contributed by atoms with E-state index in [1.807, 2.05) is 49.4 Å². The minimum atomic E-state index is -1.24. The molecule has 2 amide bonds. The normalized spacial score (nSPS) is 22.0. The summed E-state index contributed by atoms with van der Waals surface area (Å²) in [4.78, 5) is 43.0.